The van der Waals surface area contributed by atoms with Crippen molar-refractivity contribution in [3.8, 4) is 11.3 Å². The second-order valence-electron chi connectivity index (χ2n) is 6.59. The Hall–Kier alpha value is -3.21. The van der Waals surface area contributed by atoms with Gasteiger partial charge in [0.1, 0.15) is 11.1 Å². The van der Waals surface area contributed by atoms with Gasteiger partial charge < -0.3 is 8.83 Å². The molecule has 5 heteroatoms. The lowest BCUT2D eigenvalue weighted by molar-refractivity contribution is 0.529. The molecule has 0 aliphatic heterocycles. The predicted molar refractivity (Wildman–Crippen MR) is 98.4 cm³/mol. The fourth-order valence-electron chi connectivity index (χ4n) is 3.72. The largest absolute Gasteiger partial charge is 0.422 e. The first kappa shape index (κ1) is 15.1. The molecular formula is C21H15NO4. The van der Waals surface area contributed by atoms with Crippen LogP contribution < -0.4 is 11.3 Å². The van der Waals surface area contributed by atoms with Crippen LogP contribution in [0.25, 0.3) is 33.3 Å². The summed E-state index contributed by atoms with van der Waals surface area (Å²) in [5.41, 5.74) is 3.35. The summed E-state index contributed by atoms with van der Waals surface area (Å²) in [4.78, 5) is 29.1. The summed E-state index contributed by atoms with van der Waals surface area (Å²) >= 11 is 0. The van der Waals surface area contributed by atoms with Gasteiger partial charge in [0.15, 0.2) is 11.3 Å². The number of aryl methyl sites for hydroxylation is 1. The van der Waals surface area contributed by atoms with Crippen molar-refractivity contribution in [2.24, 2.45) is 0 Å². The van der Waals surface area contributed by atoms with Crippen LogP contribution in [0.15, 0.2) is 60.9 Å². The van der Waals surface area contributed by atoms with Crippen LogP contribution >= 0.6 is 0 Å². The fourth-order valence-corrected chi connectivity index (χ4v) is 3.72. The highest BCUT2D eigenvalue weighted by Gasteiger charge is 2.19. The predicted octanol–water partition coefficient (Wildman–Crippen LogP) is 3.84. The SMILES string of the molecule is O=c1oc2cc3oc(=O)c4c(c3cc2nc1-c1ccccc1)CCCC4. The van der Waals surface area contributed by atoms with Gasteiger partial charge in [-0.3, -0.25) is 0 Å². The molecular weight excluding hydrogens is 330 g/mol. The minimum Gasteiger partial charge on any atom is -0.422 e. The van der Waals surface area contributed by atoms with E-state index in [1.54, 1.807) is 6.07 Å². The lowest BCUT2D eigenvalue weighted by Gasteiger charge is -2.16. The minimum absolute atomic E-state index is 0.281. The molecule has 0 fully saturated rings. The van der Waals surface area contributed by atoms with Gasteiger partial charge in [-0.05, 0) is 37.3 Å². The zero-order valence-electron chi connectivity index (χ0n) is 14.0. The molecule has 4 aromatic rings. The van der Waals surface area contributed by atoms with Gasteiger partial charge in [-0.1, -0.05) is 30.3 Å². The standard InChI is InChI=1S/C21H15NO4/c23-20-14-9-5-4-8-13(14)15-10-16-18(11-17(15)25-20)26-21(24)19(22-16)12-6-2-1-3-7-12/h1-3,6-7,10-11H,4-5,8-9H2. The molecule has 0 radical (unpaired) electrons. The topological polar surface area (TPSA) is 73.3 Å². The van der Waals surface area contributed by atoms with Gasteiger partial charge >= 0.3 is 11.3 Å². The van der Waals surface area contributed by atoms with E-state index in [9.17, 15) is 9.59 Å². The lowest BCUT2D eigenvalue weighted by Crippen LogP contribution is -2.16. The third-order valence-electron chi connectivity index (χ3n) is 4.98. The van der Waals surface area contributed by atoms with Crippen molar-refractivity contribution in [2.45, 2.75) is 25.7 Å². The van der Waals surface area contributed by atoms with Gasteiger partial charge in [0.2, 0.25) is 0 Å². The first-order valence-corrected chi connectivity index (χ1v) is 8.69. The third kappa shape index (κ3) is 2.28. The molecule has 0 bridgehead atoms. The Labute approximate surface area is 147 Å². The van der Waals surface area contributed by atoms with E-state index in [0.29, 0.717) is 22.2 Å². The summed E-state index contributed by atoms with van der Waals surface area (Å²) in [5.74, 6) is 0. The van der Waals surface area contributed by atoms with Gasteiger partial charge in [0.25, 0.3) is 0 Å². The first-order chi connectivity index (χ1) is 12.7. The number of fused-ring (bicyclic) bond motifs is 4. The van der Waals surface area contributed by atoms with E-state index >= 15 is 0 Å². The minimum atomic E-state index is -0.511. The molecule has 0 saturated heterocycles. The van der Waals surface area contributed by atoms with Crippen molar-refractivity contribution >= 4 is 22.1 Å². The van der Waals surface area contributed by atoms with Crippen LogP contribution in [0.4, 0.5) is 0 Å². The zero-order valence-corrected chi connectivity index (χ0v) is 14.0. The Bertz CT molecular complexity index is 1270. The maximum Gasteiger partial charge on any atom is 0.363 e. The molecule has 0 spiro atoms. The van der Waals surface area contributed by atoms with Crippen LogP contribution in [0.1, 0.15) is 24.0 Å². The number of aromatic nitrogens is 1. The molecule has 0 saturated carbocycles. The van der Waals surface area contributed by atoms with Crippen molar-refractivity contribution < 1.29 is 8.83 Å². The Morgan fingerprint density at radius 3 is 2.35 bits per heavy atom. The summed E-state index contributed by atoms with van der Waals surface area (Å²) in [7, 11) is 0. The van der Waals surface area contributed by atoms with E-state index < -0.39 is 5.63 Å². The van der Waals surface area contributed by atoms with Gasteiger partial charge in [-0.25, -0.2) is 14.6 Å². The van der Waals surface area contributed by atoms with Gasteiger partial charge in [0.05, 0.1) is 0 Å². The average Bonchev–Trinajstić information content (AvgIpc) is 2.67. The smallest absolute Gasteiger partial charge is 0.363 e. The van der Waals surface area contributed by atoms with Crippen LogP contribution in [0.3, 0.4) is 0 Å². The van der Waals surface area contributed by atoms with Gasteiger partial charge in [0, 0.05) is 22.6 Å². The summed E-state index contributed by atoms with van der Waals surface area (Å²) in [5, 5.41) is 0.882. The van der Waals surface area contributed by atoms with Crippen molar-refractivity contribution in [3.63, 3.8) is 0 Å². The number of rotatable bonds is 1. The molecule has 0 N–H and O–H groups in total. The van der Waals surface area contributed by atoms with E-state index in [1.807, 2.05) is 36.4 Å². The second kappa shape index (κ2) is 5.66. The number of nitrogens with zero attached hydrogens (tertiary/aromatic N) is 1. The summed E-state index contributed by atoms with van der Waals surface area (Å²) < 4.78 is 10.9. The van der Waals surface area contributed by atoms with Crippen LogP contribution in [0.2, 0.25) is 0 Å². The van der Waals surface area contributed by atoms with Crippen LogP contribution in [0.5, 0.6) is 0 Å². The molecule has 0 unspecified atom stereocenters. The molecule has 0 atom stereocenters. The van der Waals surface area contributed by atoms with Crippen molar-refractivity contribution in [1.29, 1.82) is 0 Å². The molecule has 128 valence electrons. The molecule has 2 aromatic carbocycles. The molecule has 5 rings (SSSR count). The quantitative estimate of drug-likeness (QED) is 0.387. The Morgan fingerprint density at radius 2 is 1.54 bits per heavy atom. The van der Waals surface area contributed by atoms with E-state index in [4.69, 9.17) is 8.83 Å². The summed E-state index contributed by atoms with van der Waals surface area (Å²) in [6.07, 6.45) is 3.65. The van der Waals surface area contributed by atoms with Gasteiger partial charge in [-0.15, -0.1) is 0 Å². The average molecular weight is 345 g/mol. The zero-order chi connectivity index (χ0) is 17.7. The molecule has 26 heavy (non-hydrogen) atoms. The highest BCUT2D eigenvalue weighted by atomic mass is 16.4. The van der Waals surface area contributed by atoms with E-state index in [-0.39, 0.29) is 11.3 Å². The lowest BCUT2D eigenvalue weighted by atomic mass is 9.90. The molecule has 2 aromatic heterocycles. The van der Waals surface area contributed by atoms with E-state index in [0.717, 1.165) is 42.2 Å². The molecule has 2 heterocycles. The van der Waals surface area contributed by atoms with Gasteiger partial charge in [-0.2, -0.15) is 0 Å². The Kier molecular flexibility index (Phi) is 3.28. The normalized spacial score (nSPS) is 13.8. The summed E-state index contributed by atoms with van der Waals surface area (Å²) in [6.45, 7) is 0. The number of hydrogen-bond donors (Lipinski definition) is 0. The highest BCUT2D eigenvalue weighted by molar-refractivity contribution is 5.93. The maximum absolute atomic E-state index is 12.3. The number of benzene rings is 2. The number of hydrogen-bond acceptors (Lipinski definition) is 5. The monoisotopic (exact) mass is 345 g/mol. The molecule has 0 amide bonds. The first-order valence-electron chi connectivity index (χ1n) is 8.69. The van der Waals surface area contributed by atoms with Crippen molar-refractivity contribution in [3.05, 3.63) is 74.4 Å². The highest BCUT2D eigenvalue weighted by Crippen LogP contribution is 2.29. The second-order valence-corrected chi connectivity index (χ2v) is 6.59. The van der Waals surface area contributed by atoms with E-state index in [2.05, 4.69) is 4.98 Å². The van der Waals surface area contributed by atoms with Crippen molar-refractivity contribution in [2.75, 3.05) is 0 Å². The Balaban J connectivity index is 1.83. The summed E-state index contributed by atoms with van der Waals surface area (Å²) in [6, 6.07) is 12.7. The fraction of sp³-hybridized carbons (Fsp3) is 0.190. The van der Waals surface area contributed by atoms with Crippen LogP contribution in [0, 0.1) is 0 Å². The maximum atomic E-state index is 12.3. The van der Waals surface area contributed by atoms with Crippen LogP contribution in [-0.2, 0) is 12.8 Å². The van der Waals surface area contributed by atoms with E-state index in [1.165, 1.54) is 0 Å². The molecule has 5 nitrogen and oxygen atoms in total. The van der Waals surface area contributed by atoms with Crippen LogP contribution in [-0.4, -0.2) is 4.98 Å². The van der Waals surface area contributed by atoms with Crippen molar-refractivity contribution in [1.82, 2.24) is 4.98 Å². The molecule has 1 aliphatic rings. The Morgan fingerprint density at radius 1 is 0.808 bits per heavy atom. The molecule has 1 aliphatic carbocycles. The third-order valence-corrected chi connectivity index (χ3v) is 4.98.